The molecule has 0 bridgehead atoms. The monoisotopic (exact) mass is 339 g/mol. The molecule has 3 atom stereocenters. The first-order chi connectivity index (χ1) is 11.0. The number of methoxy groups -OCH3 is 1. The number of amides is 1. The molecule has 1 aromatic carbocycles. The van der Waals surface area contributed by atoms with Crippen LogP contribution in [0.15, 0.2) is 18.2 Å². The third-order valence-electron chi connectivity index (χ3n) is 4.79. The lowest BCUT2D eigenvalue weighted by atomic mass is 9.78. The quantitative estimate of drug-likeness (QED) is 0.851. The molecule has 2 rings (SSSR count). The van der Waals surface area contributed by atoms with Gasteiger partial charge in [0.2, 0.25) is 5.91 Å². The molecule has 0 saturated heterocycles. The second-order valence-electron chi connectivity index (χ2n) is 6.39. The van der Waals surface area contributed by atoms with Gasteiger partial charge in [0, 0.05) is 17.4 Å². The summed E-state index contributed by atoms with van der Waals surface area (Å²) in [6, 6.07) is 4.76. The van der Waals surface area contributed by atoms with Crippen molar-refractivity contribution in [2.75, 3.05) is 12.9 Å². The van der Waals surface area contributed by atoms with E-state index < -0.39 is 0 Å². The van der Waals surface area contributed by atoms with Gasteiger partial charge in [-0.1, -0.05) is 26.7 Å². The van der Waals surface area contributed by atoms with Gasteiger partial charge < -0.3 is 10.1 Å². The van der Waals surface area contributed by atoms with Crippen LogP contribution in [0.2, 0.25) is 0 Å². The number of carbonyl (C=O) groups excluding carboxylic acids is 1. The lowest BCUT2D eigenvalue weighted by molar-refractivity contribution is -0.119. The van der Waals surface area contributed by atoms with Crippen molar-refractivity contribution >= 4 is 17.7 Å². The first-order valence-corrected chi connectivity index (χ1v) is 9.36. The van der Waals surface area contributed by atoms with Crippen LogP contribution in [0.3, 0.4) is 0 Å². The van der Waals surface area contributed by atoms with E-state index in [1.807, 2.05) is 0 Å². The summed E-state index contributed by atoms with van der Waals surface area (Å²) in [5.74, 6) is 2.59. The standard InChI is InChI=1S/C18H26FNO2S/c1-12-5-4-6-16(13(12)2)20-18(21)11-23-10-14-9-15(19)7-8-17(14)22-3/h7-9,12-13,16H,4-6,10-11H2,1-3H3,(H,20,21)/t12-,13+,16+/m0/s1. The molecule has 1 aliphatic rings. The highest BCUT2D eigenvalue weighted by Gasteiger charge is 2.27. The molecule has 3 nitrogen and oxygen atoms in total. The van der Waals surface area contributed by atoms with E-state index in [4.69, 9.17) is 4.74 Å². The second kappa shape index (κ2) is 8.57. The summed E-state index contributed by atoms with van der Waals surface area (Å²) in [6.07, 6.45) is 3.51. The van der Waals surface area contributed by atoms with Gasteiger partial charge in [-0.2, -0.15) is 0 Å². The van der Waals surface area contributed by atoms with Crippen LogP contribution in [0.1, 0.15) is 38.7 Å². The van der Waals surface area contributed by atoms with Crippen molar-refractivity contribution < 1.29 is 13.9 Å². The minimum Gasteiger partial charge on any atom is -0.496 e. The molecule has 0 heterocycles. The molecule has 1 fully saturated rings. The number of benzene rings is 1. The molecule has 1 aliphatic carbocycles. The molecule has 1 aromatic rings. The maximum absolute atomic E-state index is 13.3. The summed E-state index contributed by atoms with van der Waals surface area (Å²) in [7, 11) is 1.57. The van der Waals surface area contributed by atoms with Crippen LogP contribution in [0, 0.1) is 17.7 Å². The summed E-state index contributed by atoms with van der Waals surface area (Å²) in [4.78, 5) is 12.1. The van der Waals surface area contributed by atoms with E-state index >= 15 is 0 Å². The maximum Gasteiger partial charge on any atom is 0.230 e. The first kappa shape index (κ1) is 18.1. The molecule has 0 spiro atoms. The Morgan fingerprint density at radius 3 is 2.91 bits per heavy atom. The topological polar surface area (TPSA) is 38.3 Å². The van der Waals surface area contributed by atoms with Gasteiger partial charge in [-0.05, 0) is 36.5 Å². The van der Waals surface area contributed by atoms with E-state index in [0.29, 0.717) is 29.1 Å². The number of nitrogens with one attached hydrogen (secondary N) is 1. The van der Waals surface area contributed by atoms with Crippen molar-refractivity contribution in [3.05, 3.63) is 29.6 Å². The van der Waals surface area contributed by atoms with Crippen molar-refractivity contribution in [3.63, 3.8) is 0 Å². The van der Waals surface area contributed by atoms with Crippen LogP contribution in [-0.4, -0.2) is 24.8 Å². The van der Waals surface area contributed by atoms with E-state index in [1.54, 1.807) is 13.2 Å². The minimum absolute atomic E-state index is 0.0660. The predicted octanol–water partition coefficient (Wildman–Crippen LogP) is 4.01. The Hall–Kier alpha value is -1.23. The van der Waals surface area contributed by atoms with Crippen LogP contribution >= 0.6 is 11.8 Å². The van der Waals surface area contributed by atoms with Gasteiger partial charge in [0.1, 0.15) is 11.6 Å². The van der Waals surface area contributed by atoms with E-state index in [0.717, 1.165) is 12.0 Å². The fraction of sp³-hybridized carbons (Fsp3) is 0.611. The fourth-order valence-electron chi connectivity index (χ4n) is 3.15. The Bertz CT molecular complexity index is 538. The van der Waals surface area contributed by atoms with E-state index in [1.165, 1.54) is 36.7 Å². The predicted molar refractivity (Wildman–Crippen MR) is 93.2 cm³/mol. The van der Waals surface area contributed by atoms with Gasteiger partial charge in [-0.15, -0.1) is 11.8 Å². The molecule has 0 aromatic heterocycles. The fourth-order valence-corrected chi connectivity index (χ4v) is 3.96. The Labute approximate surface area is 142 Å². The molecule has 0 unspecified atom stereocenters. The van der Waals surface area contributed by atoms with Gasteiger partial charge in [-0.3, -0.25) is 4.79 Å². The smallest absolute Gasteiger partial charge is 0.230 e. The highest BCUT2D eigenvalue weighted by molar-refractivity contribution is 7.99. The lowest BCUT2D eigenvalue weighted by Crippen LogP contribution is -2.44. The number of ether oxygens (including phenoxy) is 1. The maximum atomic E-state index is 13.3. The van der Waals surface area contributed by atoms with Crippen molar-refractivity contribution in [1.82, 2.24) is 5.32 Å². The highest BCUT2D eigenvalue weighted by atomic mass is 32.2. The average molecular weight is 339 g/mol. The number of thioether (sulfide) groups is 1. The molecular formula is C18H26FNO2S. The summed E-state index contributed by atoms with van der Waals surface area (Å²) >= 11 is 1.48. The molecule has 23 heavy (non-hydrogen) atoms. The zero-order chi connectivity index (χ0) is 16.8. The first-order valence-electron chi connectivity index (χ1n) is 8.20. The van der Waals surface area contributed by atoms with E-state index in [9.17, 15) is 9.18 Å². The third-order valence-corrected chi connectivity index (χ3v) is 5.77. The Morgan fingerprint density at radius 1 is 1.39 bits per heavy atom. The van der Waals surface area contributed by atoms with Crippen LogP contribution in [-0.2, 0) is 10.5 Å². The second-order valence-corrected chi connectivity index (χ2v) is 7.38. The normalized spacial score (nSPS) is 24.3. The Balaban J connectivity index is 1.80. The molecule has 1 saturated carbocycles. The van der Waals surface area contributed by atoms with Crippen LogP contribution < -0.4 is 10.1 Å². The van der Waals surface area contributed by atoms with Gasteiger partial charge >= 0.3 is 0 Å². The molecule has 0 radical (unpaired) electrons. The molecule has 5 heteroatoms. The highest BCUT2D eigenvalue weighted by Crippen LogP contribution is 2.29. The number of halogens is 1. The summed E-state index contributed by atoms with van der Waals surface area (Å²) in [5.41, 5.74) is 0.782. The van der Waals surface area contributed by atoms with E-state index in [2.05, 4.69) is 19.2 Å². The third kappa shape index (κ3) is 5.13. The largest absolute Gasteiger partial charge is 0.496 e. The molecule has 128 valence electrons. The summed E-state index contributed by atoms with van der Waals surface area (Å²) < 4.78 is 18.5. The van der Waals surface area contributed by atoms with Gasteiger partial charge in [0.15, 0.2) is 0 Å². The number of rotatable bonds is 6. The lowest BCUT2D eigenvalue weighted by Gasteiger charge is -2.34. The number of carbonyl (C=O) groups is 1. The minimum atomic E-state index is -0.282. The number of hydrogen-bond donors (Lipinski definition) is 1. The van der Waals surface area contributed by atoms with Crippen molar-refractivity contribution in [3.8, 4) is 5.75 Å². The number of hydrogen-bond acceptors (Lipinski definition) is 3. The van der Waals surface area contributed by atoms with Crippen LogP contribution in [0.4, 0.5) is 4.39 Å². The van der Waals surface area contributed by atoms with Crippen LogP contribution in [0.25, 0.3) is 0 Å². The molecule has 1 amide bonds. The van der Waals surface area contributed by atoms with Crippen LogP contribution in [0.5, 0.6) is 5.75 Å². The SMILES string of the molecule is COc1ccc(F)cc1CSCC(=O)N[C@@H]1CCC[C@H](C)[C@H]1C. The molecule has 0 aliphatic heterocycles. The molecule has 1 N–H and O–H groups in total. The Kier molecular flexibility index (Phi) is 6.75. The summed E-state index contributed by atoms with van der Waals surface area (Å²) in [6.45, 7) is 4.48. The van der Waals surface area contributed by atoms with Gasteiger partial charge in [0.05, 0.1) is 12.9 Å². The zero-order valence-electron chi connectivity index (χ0n) is 14.1. The van der Waals surface area contributed by atoms with Crippen molar-refractivity contribution in [1.29, 1.82) is 0 Å². The Morgan fingerprint density at radius 2 is 2.17 bits per heavy atom. The van der Waals surface area contributed by atoms with Gasteiger partial charge in [0.25, 0.3) is 0 Å². The van der Waals surface area contributed by atoms with Crippen molar-refractivity contribution in [2.24, 2.45) is 11.8 Å². The summed E-state index contributed by atoms with van der Waals surface area (Å²) in [5, 5.41) is 3.16. The average Bonchev–Trinajstić information content (AvgIpc) is 2.52. The van der Waals surface area contributed by atoms with E-state index in [-0.39, 0.29) is 17.8 Å². The van der Waals surface area contributed by atoms with Gasteiger partial charge in [-0.25, -0.2) is 4.39 Å². The molecular weight excluding hydrogens is 313 g/mol. The zero-order valence-corrected chi connectivity index (χ0v) is 14.9. The van der Waals surface area contributed by atoms with Crippen molar-refractivity contribution in [2.45, 2.75) is 44.9 Å².